The highest BCUT2D eigenvalue weighted by Gasteiger charge is 2.52. The van der Waals surface area contributed by atoms with E-state index in [2.05, 4.69) is 26.6 Å². The molecule has 1 aliphatic carbocycles. The number of likely N-dealkylation sites (tertiary alicyclic amines) is 1. The summed E-state index contributed by atoms with van der Waals surface area (Å²) in [5.74, 6) is -1.27. The van der Waals surface area contributed by atoms with Gasteiger partial charge in [0.15, 0.2) is 5.79 Å². The van der Waals surface area contributed by atoms with Crippen molar-refractivity contribution in [2.75, 3.05) is 26.3 Å². The Morgan fingerprint density at radius 3 is 2.56 bits per heavy atom. The molecular weight excluding hydrogens is 593 g/mol. The second-order valence-electron chi connectivity index (χ2n) is 9.36. The van der Waals surface area contributed by atoms with E-state index >= 15 is 0 Å². The Hall–Kier alpha value is -3.06. The van der Waals surface area contributed by atoms with Crippen molar-refractivity contribution in [3.8, 4) is 5.75 Å². The zero-order chi connectivity index (χ0) is 27.4. The summed E-state index contributed by atoms with van der Waals surface area (Å²) in [4.78, 5) is 41.4. The van der Waals surface area contributed by atoms with Crippen LogP contribution in [0.5, 0.6) is 5.75 Å². The maximum atomic E-state index is 13.2. The Morgan fingerprint density at radius 2 is 1.90 bits per heavy atom. The third-order valence-electron chi connectivity index (χ3n) is 6.65. The Bertz CT molecular complexity index is 1300. The van der Waals surface area contributed by atoms with Gasteiger partial charge in [0.05, 0.1) is 32.8 Å². The minimum absolute atomic E-state index is 0.111. The van der Waals surface area contributed by atoms with Crippen LogP contribution in [0.1, 0.15) is 24.1 Å². The number of thiophene rings is 1. The van der Waals surface area contributed by atoms with E-state index in [1.54, 1.807) is 12.2 Å². The number of allylic oxidation sites excluding steroid dienone is 3. The molecule has 2 fully saturated rings. The lowest BCUT2D eigenvalue weighted by molar-refractivity contribution is -0.152. The number of hydrogen-bond acceptors (Lipinski definition) is 7. The second-order valence-corrected chi connectivity index (χ2v) is 11.3. The van der Waals surface area contributed by atoms with Crippen molar-refractivity contribution in [1.82, 2.24) is 15.5 Å². The van der Waals surface area contributed by atoms with Gasteiger partial charge in [-0.05, 0) is 58.8 Å². The van der Waals surface area contributed by atoms with Crippen LogP contribution in [0.3, 0.4) is 0 Å². The number of ether oxygens (including phenoxy) is 3. The maximum absolute atomic E-state index is 13.2. The summed E-state index contributed by atoms with van der Waals surface area (Å²) >= 11 is 4.92. The topological polar surface area (TPSA) is 106 Å². The third-order valence-corrected chi connectivity index (χ3v) is 8.35. The molecule has 2 aromatic rings. The number of nitrogens with zero attached hydrogens (tertiary/aromatic N) is 1. The number of rotatable bonds is 8. The summed E-state index contributed by atoms with van der Waals surface area (Å²) in [6.07, 6.45) is 4.46. The largest absolute Gasteiger partial charge is 0.462 e. The number of amides is 3. The molecule has 0 radical (unpaired) electrons. The van der Waals surface area contributed by atoms with Crippen molar-refractivity contribution >= 4 is 45.0 Å². The van der Waals surface area contributed by atoms with Crippen molar-refractivity contribution in [2.45, 2.75) is 37.6 Å². The second kappa shape index (κ2) is 12.0. The SMILES string of the molecule is O=C(NCC(=O)N1CC2(C[C@H]1C(=O)NCc1cc(Br)cs1)OCCO2)C1=CC=C(Oc2ccc(F)cc2)CC1. The molecule has 1 atom stereocenters. The summed E-state index contributed by atoms with van der Waals surface area (Å²) in [5, 5.41) is 7.50. The van der Waals surface area contributed by atoms with E-state index in [0.29, 0.717) is 49.7 Å². The van der Waals surface area contributed by atoms with Gasteiger partial charge in [0.2, 0.25) is 17.7 Å². The molecule has 2 N–H and O–H groups in total. The van der Waals surface area contributed by atoms with Gasteiger partial charge in [-0.15, -0.1) is 11.3 Å². The van der Waals surface area contributed by atoms with E-state index in [1.165, 1.54) is 40.5 Å². The molecule has 3 amide bonds. The zero-order valence-electron chi connectivity index (χ0n) is 20.9. The number of hydrogen-bond donors (Lipinski definition) is 2. The van der Waals surface area contributed by atoms with Crippen molar-refractivity contribution in [2.24, 2.45) is 0 Å². The highest BCUT2D eigenvalue weighted by atomic mass is 79.9. The highest BCUT2D eigenvalue weighted by Crippen LogP contribution is 2.35. The molecule has 1 spiro atoms. The van der Waals surface area contributed by atoms with Crippen LogP contribution in [-0.4, -0.2) is 60.8 Å². The molecule has 0 saturated carbocycles. The molecule has 1 aromatic carbocycles. The Balaban J connectivity index is 1.17. The first-order valence-electron chi connectivity index (χ1n) is 12.5. The molecule has 0 unspecified atom stereocenters. The number of carbonyl (C=O) groups excluding carboxylic acids is 3. The first-order chi connectivity index (χ1) is 18.8. The number of benzene rings is 1. The number of halogens is 2. The lowest BCUT2D eigenvalue weighted by Crippen LogP contribution is -2.49. The lowest BCUT2D eigenvalue weighted by Gasteiger charge is -2.24. The van der Waals surface area contributed by atoms with Crippen LogP contribution in [0.4, 0.5) is 4.39 Å². The van der Waals surface area contributed by atoms with Crippen LogP contribution in [-0.2, 0) is 30.4 Å². The predicted molar refractivity (Wildman–Crippen MR) is 144 cm³/mol. The van der Waals surface area contributed by atoms with Crippen molar-refractivity contribution < 1.29 is 33.0 Å². The molecule has 9 nitrogen and oxygen atoms in total. The molecule has 2 aliphatic heterocycles. The van der Waals surface area contributed by atoms with E-state index in [1.807, 2.05) is 11.4 Å². The average Bonchev–Trinajstić information content (AvgIpc) is 3.68. The summed E-state index contributed by atoms with van der Waals surface area (Å²) in [6.45, 7) is 0.972. The summed E-state index contributed by atoms with van der Waals surface area (Å²) < 4.78 is 31.3. The fourth-order valence-corrected chi connectivity index (χ4v) is 6.09. The molecular formula is C27H27BrFN3O6S. The molecule has 3 heterocycles. The van der Waals surface area contributed by atoms with Gasteiger partial charge in [0.1, 0.15) is 23.4 Å². The van der Waals surface area contributed by atoms with Crippen LogP contribution in [0.15, 0.2) is 63.7 Å². The van der Waals surface area contributed by atoms with Gasteiger partial charge < -0.3 is 29.7 Å². The standard InChI is InChI=1S/C27H27BrFN3O6S/c28-18-11-22(39-15-18)13-30-26(35)23-12-27(36-9-10-37-27)16-32(23)24(33)14-31-25(34)17-1-5-20(6-2-17)38-21-7-3-19(29)4-8-21/h1,3-5,7-8,11,15,23H,2,6,9-10,12-14,16H2,(H,30,35)(H,31,34)/t23-/m0/s1. The molecule has 5 rings (SSSR count). The molecule has 12 heteroatoms. The Morgan fingerprint density at radius 1 is 1.13 bits per heavy atom. The van der Waals surface area contributed by atoms with Crippen LogP contribution in [0, 0.1) is 5.82 Å². The summed E-state index contributed by atoms with van der Waals surface area (Å²) in [6, 6.07) is 6.84. The van der Waals surface area contributed by atoms with Crippen LogP contribution in [0.2, 0.25) is 0 Å². The molecule has 206 valence electrons. The smallest absolute Gasteiger partial charge is 0.247 e. The Kier molecular flexibility index (Phi) is 8.46. The third kappa shape index (κ3) is 6.75. The van der Waals surface area contributed by atoms with Gasteiger partial charge in [0, 0.05) is 33.1 Å². The van der Waals surface area contributed by atoms with E-state index in [4.69, 9.17) is 14.2 Å². The van der Waals surface area contributed by atoms with Crippen molar-refractivity contribution in [3.05, 3.63) is 74.4 Å². The number of carbonyl (C=O) groups is 3. The lowest BCUT2D eigenvalue weighted by atomic mass is 10.0. The molecule has 0 bridgehead atoms. The highest BCUT2D eigenvalue weighted by molar-refractivity contribution is 9.10. The fourth-order valence-electron chi connectivity index (χ4n) is 4.70. The quantitative estimate of drug-likeness (QED) is 0.469. The van der Waals surface area contributed by atoms with Gasteiger partial charge in [-0.2, -0.15) is 0 Å². The zero-order valence-corrected chi connectivity index (χ0v) is 23.3. The average molecular weight is 620 g/mol. The summed E-state index contributed by atoms with van der Waals surface area (Å²) in [7, 11) is 0. The normalized spacial score (nSPS) is 19.9. The van der Waals surface area contributed by atoms with Gasteiger partial charge in [-0.25, -0.2) is 4.39 Å². The van der Waals surface area contributed by atoms with Gasteiger partial charge in [-0.1, -0.05) is 6.08 Å². The van der Waals surface area contributed by atoms with Crippen LogP contribution < -0.4 is 15.4 Å². The van der Waals surface area contributed by atoms with Gasteiger partial charge in [-0.3, -0.25) is 14.4 Å². The Labute approximate surface area is 237 Å². The predicted octanol–water partition coefficient (Wildman–Crippen LogP) is 3.41. The molecule has 39 heavy (non-hydrogen) atoms. The monoisotopic (exact) mass is 619 g/mol. The number of nitrogens with one attached hydrogen (secondary N) is 2. The molecule has 2 saturated heterocycles. The summed E-state index contributed by atoms with van der Waals surface area (Å²) in [5.41, 5.74) is 0.506. The van der Waals surface area contributed by atoms with Crippen molar-refractivity contribution in [1.29, 1.82) is 0 Å². The van der Waals surface area contributed by atoms with E-state index in [-0.39, 0.29) is 37.1 Å². The van der Waals surface area contributed by atoms with E-state index < -0.39 is 17.7 Å². The fraction of sp³-hybridized carbons (Fsp3) is 0.370. The first-order valence-corrected chi connectivity index (χ1v) is 14.2. The van der Waals surface area contributed by atoms with Crippen LogP contribution >= 0.6 is 27.3 Å². The minimum Gasteiger partial charge on any atom is -0.462 e. The van der Waals surface area contributed by atoms with E-state index in [0.717, 1.165) is 9.35 Å². The molecule has 1 aromatic heterocycles. The first kappa shape index (κ1) is 27.5. The minimum atomic E-state index is -1.01. The molecule has 3 aliphatic rings. The van der Waals surface area contributed by atoms with Gasteiger partial charge >= 0.3 is 0 Å². The van der Waals surface area contributed by atoms with Crippen molar-refractivity contribution in [3.63, 3.8) is 0 Å². The van der Waals surface area contributed by atoms with E-state index in [9.17, 15) is 18.8 Å². The maximum Gasteiger partial charge on any atom is 0.247 e. The van der Waals surface area contributed by atoms with Gasteiger partial charge in [0.25, 0.3) is 0 Å². The van der Waals surface area contributed by atoms with Crippen LogP contribution in [0.25, 0.3) is 0 Å².